The summed E-state index contributed by atoms with van der Waals surface area (Å²) in [6, 6.07) is 7.94. The topological polar surface area (TPSA) is 56.2 Å². The number of para-hydroxylation sites is 1. The molecule has 27 heavy (non-hydrogen) atoms. The number of ether oxygens (including phenoxy) is 1. The normalized spacial score (nSPS) is 20.7. The van der Waals surface area contributed by atoms with Gasteiger partial charge in [-0.1, -0.05) is 18.2 Å². The molecule has 150 valence electrons. The quantitative estimate of drug-likeness (QED) is 0.715. The second-order valence-electron chi connectivity index (χ2n) is 7.17. The summed E-state index contributed by atoms with van der Waals surface area (Å²) in [7, 11) is 0. The van der Waals surface area contributed by atoms with Crippen molar-refractivity contribution in [3.8, 4) is 5.75 Å². The van der Waals surface area contributed by atoms with Crippen molar-refractivity contribution in [3.05, 3.63) is 29.8 Å². The van der Waals surface area contributed by atoms with Crippen molar-refractivity contribution in [2.75, 3.05) is 63.9 Å². The molecule has 0 aromatic heterocycles. The third kappa shape index (κ3) is 6.10. The summed E-state index contributed by atoms with van der Waals surface area (Å²) in [4.78, 5) is 18.5. The Kier molecular flexibility index (Phi) is 7.81. The number of thioether (sulfide) groups is 1. The summed E-state index contributed by atoms with van der Waals surface area (Å²) in [5.74, 6) is 3.27. The van der Waals surface area contributed by atoms with Crippen molar-refractivity contribution in [1.82, 2.24) is 14.7 Å². The molecular weight excluding hydrogens is 362 g/mol. The monoisotopic (exact) mass is 393 g/mol. The van der Waals surface area contributed by atoms with Gasteiger partial charge in [-0.2, -0.15) is 11.8 Å². The molecule has 1 N–H and O–H groups in total. The van der Waals surface area contributed by atoms with Crippen molar-refractivity contribution in [2.24, 2.45) is 0 Å². The fourth-order valence-electron chi connectivity index (χ4n) is 3.56. The predicted octanol–water partition coefficient (Wildman–Crippen LogP) is 1.14. The fourth-order valence-corrected chi connectivity index (χ4v) is 4.54. The lowest BCUT2D eigenvalue weighted by molar-refractivity contribution is -0.135. The molecule has 2 saturated heterocycles. The van der Waals surface area contributed by atoms with Crippen LogP contribution in [0.4, 0.5) is 0 Å². The fraction of sp³-hybridized carbons (Fsp3) is 0.650. The predicted molar refractivity (Wildman–Crippen MR) is 109 cm³/mol. The first-order valence-electron chi connectivity index (χ1n) is 9.84. The number of hydrogen-bond acceptors (Lipinski definition) is 6. The standard InChI is InChI=1S/C20H31N3O3S/c1-2-23-8-7-22(15-20(23)25)13-17-5-3-4-6-19(17)26-16-18(24)14-21-9-11-27-12-10-21/h3-6,18,24H,2,7-16H2,1H3/t18-/m0/s1. The van der Waals surface area contributed by atoms with Gasteiger partial charge in [-0.15, -0.1) is 0 Å². The number of nitrogens with zero attached hydrogens (tertiary/aromatic N) is 3. The Balaban J connectivity index is 1.50. The Morgan fingerprint density at radius 1 is 1.15 bits per heavy atom. The second kappa shape index (κ2) is 10.3. The molecule has 6 nitrogen and oxygen atoms in total. The lowest BCUT2D eigenvalue weighted by Gasteiger charge is -2.34. The molecule has 1 amide bonds. The molecule has 0 bridgehead atoms. The van der Waals surface area contributed by atoms with Crippen LogP contribution < -0.4 is 4.74 Å². The Hall–Kier alpha value is -1.28. The molecule has 0 saturated carbocycles. The van der Waals surface area contributed by atoms with Crippen LogP contribution in [0.2, 0.25) is 0 Å². The van der Waals surface area contributed by atoms with E-state index in [1.807, 2.05) is 47.9 Å². The van der Waals surface area contributed by atoms with Crippen LogP contribution in [-0.2, 0) is 11.3 Å². The Morgan fingerprint density at radius 2 is 1.93 bits per heavy atom. The lowest BCUT2D eigenvalue weighted by Crippen LogP contribution is -2.49. The zero-order valence-electron chi connectivity index (χ0n) is 16.2. The highest BCUT2D eigenvalue weighted by atomic mass is 32.2. The van der Waals surface area contributed by atoms with Crippen LogP contribution in [0.5, 0.6) is 5.75 Å². The van der Waals surface area contributed by atoms with E-state index in [9.17, 15) is 9.90 Å². The molecule has 0 aliphatic carbocycles. The number of piperazine rings is 1. The van der Waals surface area contributed by atoms with Gasteiger partial charge in [0.05, 0.1) is 6.54 Å². The minimum Gasteiger partial charge on any atom is -0.491 e. The number of aliphatic hydroxyl groups excluding tert-OH is 1. The minimum atomic E-state index is -0.490. The highest BCUT2D eigenvalue weighted by Gasteiger charge is 2.23. The molecule has 2 fully saturated rings. The number of rotatable bonds is 8. The summed E-state index contributed by atoms with van der Waals surface area (Å²) >= 11 is 1.97. The van der Waals surface area contributed by atoms with Crippen molar-refractivity contribution in [3.63, 3.8) is 0 Å². The van der Waals surface area contributed by atoms with Crippen LogP contribution in [-0.4, -0.2) is 95.7 Å². The van der Waals surface area contributed by atoms with Gasteiger partial charge < -0.3 is 14.7 Å². The summed E-state index contributed by atoms with van der Waals surface area (Å²) < 4.78 is 5.95. The molecule has 1 aromatic rings. The number of amides is 1. The summed E-state index contributed by atoms with van der Waals surface area (Å²) in [6.07, 6.45) is -0.490. The summed E-state index contributed by atoms with van der Waals surface area (Å²) in [5.41, 5.74) is 1.07. The Bertz CT molecular complexity index is 610. The number of carbonyl (C=O) groups excluding carboxylic acids is 1. The van der Waals surface area contributed by atoms with E-state index >= 15 is 0 Å². The molecular formula is C20H31N3O3S. The van der Waals surface area contributed by atoms with E-state index in [1.54, 1.807) is 0 Å². The van der Waals surface area contributed by atoms with Gasteiger partial charge in [0, 0.05) is 62.9 Å². The van der Waals surface area contributed by atoms with Crippen LogP contribution in [0, 0.1) is 0 Å². The molecule has 2 aliphatic rings. The lowest BCUT2D eigenvalue weighted by atomic mass is 10.1. The molecule has 2 aliphatic heterocycles. The van der Waals surface area contributed by atoms with E-state index < -0.39 is 6.10 Å². The SMILES string of the molecule is CCN1CCN(Cc2ccccc2OC[C@@H](O)CN2CCSCC2)CC1=O. The van der Waals surface area contributed by atoms with Gasteiger partial charge >= 0.3 is 0 Å². The minimum absolute atomic E-state index is 0.192. The van der Waals surface area contributed by atoms with Gasteiger partial charge in [0.1, 0.15) is 18.5 Å². The maximum absolute atomic E-state index is 12.1. The number of benzene rings is 1. The van der Waals surface area contributed by atoms with Crippen molar-refractivity contribution >= 4 is 17.7 Å². The van der Waals surface area contributed by atoms with E-state index in [0.29, 0.717) is 26.2 Å². The zero-order chi connectivity index (χ0) is 19.1. The molecule has 0 unspecified atom stereocenters. The molecule has 1 atom stereocenters. The molecule has 1 aromatic carbocycles. The highest BCUT2D eigenvalue weighted by molar-refractivity contribution is 7.99. The number of β-amino-alcohol motifs (C(OH)–C–C–N with tert-alkyl or cyclic N) is 1. The second-order valence-corrected chi connectivity index (χ2v) is 8.39. The van der Waals surface area contributed by atoms with E-state index in [4.69, 9.17) is 4.74 Å². The maximum Gasteiger partial charge on any atom is 0.236 e. The third-order valence-electron chi connectivity index (χ3n) is 5.15. The smallest absolute Gasteiger partial charge is 0.236 e. The molecule has 2 heterocycles. The molecule has 0 spiro atoms. The van der Waals surface area contributed by atoms with Crippen molar-refractivity contribution < 1.29 is 14.6 Å². The van der Waals surface area contributed by atoms with Crippen molar-refractivity contribution in [2.45, 2.75) is 19.6 Å². The van der Waals surface area contributed by atoms with Gasteiger partial charge in [-0.05, 0) is 13.0 Å². The van der Waals surface area contributed by atoms with E-state index in [-0.39, 0.29) is 5.91 Å². The van der Waals surface area contributed by atoms with E-state index in [0.717, 1.165) is 55.5 Å². The van der Waals surface area contributed by atoms with Crippen LogP contribution in [0.3, 0.4) is 0 Å². The largest absolute Gasteiger partial charge is 0.491 e. The van der Waals surface area contributed by atoms with Crippen LogP contribution in [0.1, 0.15) is 12.5 Å². The van der Waals surface area contributed by atoms with Crippen molar-refractivity contribution in [1.29, 1.82) is 0 Å². The van der Waals surface area contributed by atoms with Crippen LogP contribution >= 0.6 is 11.8 Å². The maximum atomic E-state index is 12.1. The molecule has 0 radical (unpaired) electrons. The Labute approximate surface area is 166 Å². The number of aliphatic hydroxyl groups is 1. The van der Waals surface area contributed by atoms with Crippen LogP contribution in [0.25, 0.3) is 0 Å². The van der Waals surface area contributed by atoms with E-state index in [1.165, 1.54) is 0 Å². The molecule has 7 heteroatoms. The highest BCUT2D eigenvalue weighted by Crippen LogP contribution is 2.21. The number of likely N-dealkylation sites (N-methyl/N-ethyl adjacent to an activating group) is 1. The average molecular weight is 394 g/mol. The van der Waals surface area contributed by atoms with E-state index in [2.05, 4.69) is 9.80 Å². The first-order valence-corrected chi connectivity index (χ1v) is 11.0. The summed E-state index contributed by atoms with van der Waals surface area (Å²) in [5, 5.41) is 10.3. The Morgan fingerprint density at radius 3 is 2.67 bits per heavy atom. The van der Waals surface area contributed by atoms with Crippen LogP contribution in [0.15, 0.2) is 24.3 Å². The van der Waals surface area contributed by atoms with Gasteiger partial charge in [0.15, 0.2) is 0 Å². The third-order valence-corrected chi connectivity index (χ3v) is 6.09. The number of carbonyl (C=O) groups is 1. The van der Waals surface area contributed by atoms with Gasteiger partial charge in [0.25, 0.3) is 0 Å². The average Bonchev–Trinajstić information content (AvgIpc) is 2.68. The molecule has 3 rings (SSSR count). The van der Waals surface area contributed by atoms with Gasteiger partial charge in [0.2, 0.25) is 5.91 Å². The van der Waals surface area contributed by atoms with Gasteiger partial charge in [-0.25, -0.2) is 0 Å². The first-order chi connectivity index (χ1) is 13.2. The zero-order valence-corrected chi connectivity index (χ0v) is 17.0. The number of hydrogen-bond donors (Lipinski definition) is 1. The van der Waals surface area contributed by atoms with Gasteiger partial charge in [-0.3, -0.25) is 14.6 Å². The summed E-state index contributed by atoms with van der Waals surface area (Å²) in [6.45, 7) is 8.64. The first kappa shape index (κ1) is 20.5.